The summed E-state index contributed by atoms with van der Waals surface area (Å²) in [5, 5.41) is 3.48. The SMILES string of the molecule is CCC(OC(C)=O)c1ccc(OCCC[N+]2(c3ccccc3)CCNCC2)cc1. The highest BCUT2D eigenvalue weighted by atomic mass is 16.5. The zero-order valence-electron chi connectivity index (χ0n) is 17.6. The molecule has 1 saturated heterocycles. The minimum absolute atomic E-state index is 0.190. The van der Waals surface area contributed by atoms with Crippen LogP contribution in [0, 0.1) is 0 Å². The maximum absolute atomic E-state index is 11.2. The highest BCUT2D eigenvalue weighted by molar-refractivity contribution is 5.66. The number of benzene rings is 2. The van der Waals surface area contributed by atoms with Gasteiger partial charge in [0.15, 0.2) is 0 Å². The van der Waals surface area contributed by atoms with Gasteiger partial charge in [-0.15, -0.1) is 0 Å². The van der Waals surface area contributed by atoms with Crippen molar-refractivity contribution in [2.45, 2.75) is 32.8 Å². The van der Waals surface area contributed by atoms with Gasteiger partial charge in [-0.2, -0.15) is 0 Å². The van der Waals surface area contributed by atoms with Crippen LogP contribution in [0.4, 0.5) is 5.69 Å². The number of hydrogen-bond acceptors (Lipinski definition) is 4. The second-order valence-electron chi connectivity index (χ2n) is 7.68. The first-order valence-electron chi connectivity index (χ1n) is 10.7. The number of nitrogens with zero attached hydrogens (tertiary/aromatic N) is 1. The average molecular weight is 398 g/mol. The second kappa shape index (κ2) is 10.4. The fraction of sp³-hybridized carbons (Fsp3) is 0.458. The summed E-state index contributed by atoms with van der Waals surface area (Å²) in [5.41, 5.74) is 2.40. The van der Waals surface area contributed by atoms with E-state index in [0.717, 1.165) is 61.4 Å². The van der Waals surface area contributed by atoms with Crippen molar-refractivity contribution in [2.24, 2.45) is 0 Å². The third-order valence-electron chi connectivity index (χ3n) is 5.67. The molecule has 0 amide bonds. The summed E-state index contributed by atoms with van der Waals surface area (Å²) in [6, 6.07) is 18.8. The molecule has 5 heteroatoms. The number of hydrogen-bond donors (Lipinski definition) is 1. The molecule has 2 aromatic rings. The maximum atomic E-state index is 11.2. The van der Waals surface area contributed by atoms with E-state index in [0.29, 0.717) is 6.61 Å². The quantitative estimate of drug-likeness (QED) is 0.393. The number of piperazine rings is 1. The molecule has 5 nitrogen and oxygen atoms in total. The van der Waals surface area contributed by atoms with Gasteiger partial charge < -0.3 is 14.8 Å². The van der Waals surface area contributed by atoms with Crippen molar-refractivity contribution in [1.29, 1.82) is 0 Å². The Kier molecular flexibility index (Phi) is 7.67. The average Bonchev–Trinajstić information content (AvgIpc) is 2.77. The third-order valence-corrected chi connectivity index (χ3v) is 5.67. The van der Waals surface area contributed by atoms with E-state index in [2.05, 4.69) is 35.6 Å². The Labute approximate surface area is 174 Å². The van der Waals surface area contributed by atoms with Gasteiger partial charge in [0.25, 0.3) is 0 Å². The molecule has 0 bridgehead atoms. The molecule has 1 aliphatic rings. The van der Waals surface area contributed by atoms with Crippen LogP contribution in [0.2, 0.25) is 0 Å². The van der Waals surface area contributed by atoms with Gasteiger partial charge in [0.1, 0.15) is 17.5 Å². The van der Waals surface area contributed by atoms with Gasteiger partial charge in [-0.1, -0.05) is 37.3 Å². The Morgan fingerprint density at radius 3 is 2.38 bits per heavy atom. The number of ether oxygens (including phenoxy) is 2. The van der Waals surface area contributed by atoms with Crippen LogP contribution in [0.15, 0.2) is 54.6 Å². The van der Waals surface area contributed by atoms with Gasteiger partial charge in [-0.25, -0.2) is 0 Å². The van der Waals surface area contributed by atoms with Crippen molar-refractivity contribution >= 4 is 11.7 Å². The van der Waals surface area contributed by atoms with E-state index >= 15 is 0 Å². The number of rotatable bonds is 9. The molecular weight excluding hydrogens is 364 g/mol. The first kappa shape index (κ1) is 21.3. The molecule has 0 saturated carbocycles. The van der Waals surface area contributed by atoms with Gasteiger partial charge in [-0.3, -0.25) is 9.28 Å². The van der Waals surface area contributed by atoms with Crippen molar-refractivity contribution in [2.75, 3.05) is 39.3 Å². The van der Waals surface area contributed by atoms with Gasteiger partial charge in [0.2, 0.25) is 0 Å². The number of quaternary nitrogens is 1. The lowest BCUT2D eigenvalue weighted by atomic mass is 10.1. The molecule has 1 fully saturated rings. The number of nitrogens with one attached hydrogen (secondary N) is 1. The topological polar surface area (TPSA) is 47.6 Å². The Morgan fingerprint density at radius 2 is 1.76 bits per heavy atom. The molecule has 0 aromatic heterocycles. The minimum Gasteiger partial charge on any atom is -0.493 e. The Morgan fingerprint density at radius 1 is 1.07 bits per heavy atom. The van der Waals surface area contributed by atoms with Crippen molar-refractivity contribution < 1.29 is 14.3 Å². The lowest BCUT2D eigenvalue weighted by molar-refractivity contribution is -0.146. The molecule has 1 N–H and O–H groups in total. The second-order valence-corrected chi connectivity index (χ2v) is 7.68. The molecule has 29 heavy (non-hydrogen) atoms. The normalized spacial score (nSPS) is 16.8. The zero-order chi connectivity index (χ0) is 20.5. The monoisotopic (exact) mass is 397 g/mol. The first-order valence-corrected chi connectivity index (χ1v) is 10.7. The molecule has 3 rings (SSSR count). The molecular formula is C24H33N2O3+. The number of carbonyl (C=O) groups excluding carboxylic acids is 1. The molecule has 156 valence electrons. The van der Waals surface area contributed by atoms with E-state index in [1.165, 1.54) is 12.6 Å². The van der Waals surface area contributed by atoms with E-state index in [9.17, 15) is 4.79 Å². The summed E-state index contributed by atoms with van der Waals surface area (Å²) in [6.07, 6.45) is 1.57. The predicted molar refractivity (Wildman–Crippen MR) is 117 cm³/mol. The van der Waals surface area contributed by atoms with Crippen LogP contribution < -0.4 is 14.5 Å². The summed E-state index contributed by atoms with van der Waals surface area (Å²) in [6.45, 7) is 9.58. The van der Waals surface area contributed by atoms with Gasteiger partial charge >= 0.3 is 5.97 Å². The third kappa shape index (κ3) is 5.81. The molecule has 1 unspecified atom stereocenters. The van der Waals surface area contributed by atoms with Crippen LogP contribution in [0.5, 0.6) is 5.75 Å². The van der Waals surface area contributed by atoms with Crippen LogP contribution in [-0.4, -0.2) is 45.3 Å². The molecule has 0 aliphatic carbocycles. The Bertz CT molecular complexity index is 755. The zero-order valence-corrected chi connectivity index (χ0v) is 17.6. The van der Waals surface area contributed by atoms with Gasteiger partial charge in [0, 0.05) is 26.4 Å². The lowest BCUT2D eigenvalue weighted by Gasteiger charge is -2.41. The predicted octanol–water partition coefficient (Wildman–Crippen LogP) is 4.08. The Balaban J connectivity index is 1.53. The van der Waals surface area contributed by atoms with Crippen molar-refractivity contribution in [3.63, 3.8) is 0 Å². The van der Waals surface area contributed by atoms with E-state index < -0.39 is 0 Å². The van der Waals surface area contributed by atoms with E-state index in [-0.39, 0.29) is 12.1 Å². The molecule has 1 atom stereocenters. The van der Waals surface area contributed by atoms with E-state index in [1.807, 2.05) is 31.2 Å². The van der Waals surface area contributed by atoms with Gasteiger partial charge in [0.05, 0.1) is 26.2 Å². The molecule has 0 radical (unpaired) electrons. The molecule has 2 aromatic carbocycles. The van der Waals surface area contributed by atoms with Crippen LogP contribution in [0.25, 0.3) is 0 Å². The van der Waals surface area contributed by atoms with E-state index in [1.54, 1.807) is 0 Å². The molecule has 0 spiro atoms. The first-order chi connectivity index (χ1) is 14.1. The van der Waals surface area contributed by atoms with Crippen LogP contribution in [0.3, 0.4) is 0 Å². The highest BCUT2D eigenvalue weighted by Crippen LogP contribution is 2.25. The van der Waals surface area contributed by atoms with Crippen LogP contribution in [-0.2, 0) is 9.53 Å². The fourth-order valence-corrected chi connectivity index (χ4v) is 4.10. The van der Waals surface area contributed by atoms with Gasteiger partial charge in [-0.05, 0) is 36.2 Å². The molecule has 1 aliphatic heterocycles. The number of esters is 1. The van der Waals surface area contributed by atoms with Crippen LogP contribution in [0.1, 0.15) is 38.4 Å². The minimum atomic E-state index is -0.249. The smallest absolute Gasteiger partial charge is 0.303 e. The summed E-state index contributed by atoms with van der Waals surface area (Å²) < 4.78 is 12.4. The van der Waals surface area contributed by atoms with Crippen LogP contribution >= 0.6 is 0 Å². The number of carbonyl (C=O) groups is 1. The van der Waals surface area contributed by atoms with Crippen molar-refractivity contribution in [3.05, 3.63) is 60.2 Å². The lowest BCUT2D eigenvalue weighted by Crippen LogP contribution is -2.60. The van der Waals surface area contributed by atoms with E-state index in [4.69, 9.17) is 9.47 Å². The summed E-state index contributed by atoms with van der Waals surface area (Å²) >= 11 is 0. The number of para-hydroxylation sites is 1. The standard InChI is InChI=1S/C24H33N2O3/c1-3-24(29-20(2)27)21-10-12-23(13-11-21)28-19-7-16-26(17-14-25-15-18-26)22-8-5-4-6-9-22/h4-6,8-13,24-25H,3,7,14-19H2,1-2H3/q+1. The summed E-state index contributed by atoms with van der Waals surface area (Å²) in [7, 11) is 0. The Hall–Kier alpha value is -2.37. The largest absolute Gasteiger partial charge is 0.493 e. The van der Waals surface area contributed by atoms with Crippen molar-refractivity contribution in [3.8, 4) is 5.75 Å². The summed E-state index contributed by atoms with van der Waals surface area (Å²) in [5.74, 6) is 0.610. The maximum Gasteiger partial charge on any atom is 0.303 e. The fourth-order valence-electron chi connectivity index (χ4n) is 4.10. The highest BCUT2D eigenvalue weighted by Gasteiger charge is 2.31. The molecule has 1 heterocycles. The van der Waals surface area contributed by atoms with Crippen molar-refractivity contribution in [1.82, 2.24) is 9.80 Å². The summed E-state index contributed by atoms with van der Waals surface area (Å²) in [4.78, 5) is 11.2.